The van der Waals surface area contributed by atoms with E-state index in [-0.39, 0.29) is 12.0 Å². The van der Waals surface area contributed by atoms with Gasteiger partial charge in [0.15, 0.2) is 0 Å². The molecule has 27 heavy (non-hydrogen) atoms. The monoisotopic (exact) mass is 393 g/mol. The third-order valence-electron chi connectivity index (χ3n) is 3.77. The lowest BCUT2D eigenvalue weighted by molar-refractivity contribution is -0.111. The van der Waals surface area contributed by atoms with Crippen molar-refractivity contribution in [3.05, 3.63) is 36.4 Å². The SMILES string of the molecule is C/C=C\C(=O)Nc1ccc(S(=O)N2CCN(C(=O)OC(C)(C)C)CC2)cc1. The predicted octanol–water partition coefficient (Wildman–Crippen LogP) is 2.78. The molecular weight excluding hydrogens is 366 g/mol. The third-order valence-corrected chi connectivity index (χ3v) is 5.28. The van der Waals surface area contributed by atoms with E-state index >= 15 is 0 Å². The molecule has 1 fully saturated rings. The highest BCUT2D eigenvalue weighted by Gasteiger charge is 2.28. The van der Waals surface area contributed by atoms with Crippen LogP contribution in [0.4, 0.5) is 10.5 Å². The van der Waals surface area contributed by atoms with E-state index in [2.05, 4.69) is 5.32 Å². The Morgan fingerprint density at radius 2 is 1.70 bits per heavy atom. The normalized spacial score (nSPS) is 17.0. The second-order valence-corrected chi connectivity index (χ2v) is 8.65. The largest absolute Gasteiger partial charge is 0.444 e. The van der Waals surface area contributed by atoms with Crippen LogP contribution in [0.25, 0.3) is 0 Å². The zero-order chi connectivity index (χ0) is 20.0. The van der Waals surface area contributed by atoms with Gasteiger partial charge in [-0.3, -0.25) is 4.79 Å². The maximum Gasteiger partial charge on any atom is 0.410 e. The molecule has 1 atom stereocenters. The first kappa shape index (κ1) is 21.1. The Hall–Kier alpha value is -2.19. The lowest BCUT2D eigenvalue weighted by Gasteiger charge is -2.34. The fourth-order valence-electron chi connectivity index (χ4n) is 2.50. The summed E-state index contributed by atoms with van der Waals surface area (Å²) in [6, 6.07) is 6.93. The van der Waals surface area contributed by atoms with Crippen molar-refractivity contribution in [2.24, 2.45) is 0 Å². The zero-order valence-corrected chi connectivity index (χ0v) is 17.0. The molecular formula is C19H27N3O4S. The average Bonchev–Trinajstić information content (AvgIpc) is 2.60. The summed E-state index contributed by atoms with van der Waals surface area (Å²) in [5.74, 6) is -0.204. The van der Waals surface area contributed by atoms with Crippen LogP contribution in [0.1, 0.15) is 27.7 Å². The summed E-state index contributed by atoms with van der Waals surface area (Å²) in [7, 11) is -1.31. The molecule has 1 aliphatic heterocycles. The molecule has 8 heteroatoms. The molecule has 0 radical (unpaired) electrons. The lowest BCUT2D eigenvalue weighted by atomic mass is 10.2. The zero-order valence-electron chi connectivity index (χ0n) is 16.2. The number of piperazine rings is 1. The molecule has 1 saturated heterocycles. The Morgan fingerprint density at radius 3 is 2.22 bits per heavy atom. The van der Waals surface area contributed by atoms with Crippen molar-refractivity contribution in [2.45, 2.75) is 38.2 Å². The minimum atomic E-state index is -1.31. The molecule has 0 aliphatic carbocycles. The van der Waals surface area contributed by atoms with Gasteiger partial charge < -0.3 is 15.0 Å². The molecule has 1 aliphatic rings. The maximum absolute atomic E-state index is 12.7. The van der Waals surface area contributed by atoms with Gasteiger partial charge in [-0.1, -0.05) is 6.08 Å². The lowest BCUT2D eigenvalue weighted by Crippen LogP contribution is -2.50. The van der Waals surface area contributed by atoms with E-state index in [1.165, 1.54) is 6.08 Å². The number of nitrogens with one attached hydrogen (secondary N) is 1. The van der Waals surface area contributed by atoms with Crippen molar-refractivity contribution in [1.29, 1.82) is 0 Å². The van der Waals surface area contributed by atoms with Crippen molar-refractivity contribution in [1.82, 2.24) is 9.21 Å². The maximum atomic E-state index is 12.7. The van der Waals surface area contributed by atoms with Gasteiger partial charge >= 0.3 is 6.09 Å². The summed E-state index contributed by atoms with van der Waals surface area (Å²) in [5.41, 5.74) is 0.120. The van der Waals surface area contributed by atoms with Gasteiger partial charge in [0.2, 0.25) is 5.91 Å². The van der Waals surface area contributed by atoms with Gasteiger partial charge in [-0.2, -0.15) is 0 Å². The number of amides is 2. The molecule has 2 rings (SSSR count). The molecule has 0 saturated carbocycles. The third kappa shape index (κ3) is 6.48. The van der Waals surface area contributed by atoms with Gasteiger partial charge in [0.05, 0.1) is 4.90 Å². The van der Waals surface area contributed by atoms with Crippen LogP contribution in [0.15, 0.2) is 41.3 Å². The summed E-state index contributed by atoms with van der Waals surface area (Å²) in [6.07, 6.45) is 2.76. The van der Waals surface area contributed by atoms with Crippen LogP contribution in [0.2, 0.25) is 0 Å². The van der Waals surface area contributed by atoms with Crippen molar-refractivity contribution in [3.63, 3.8) is 0 Å². The number of hydrogen-bond donors (Lipinski definition) is 1. The number of allylic oxidation sites excluding steroid dienone is 1. The van der Waals surface area contributed by atoms with E-state index in [0.29, 0.717) is 36.8 Å². The number of carbonyl (C=O) groups is 2. The number of hydrogen-bond acceptors (Lipinski definition) is 4. The second kappa shape index (κ2) is 9.14. The summed E-state index contributed by atoms with van der Waals surface area (Å²) in [4.78, 5) is 25.9. The van der Waals surface area contributed by atoms with Crippen molar-refractivity contribution in [2.75, 3.05) is 31.5 Å². The summed E-state index contributed by atoms with van der Waals surface area (Å²) in [6.45, 7) is 9.23. The molecule has 1 heterocycles. The van der Waals surface area contributed by atoms with E-state index in [9.17, 15) is 13.8 Å². The number of carbonyl (C=O) groups excluding carboxylic acids is 2. The van der Waals surface area contributed by atoms with Crippen LogP contribution in [0.3, 0.4) is 0 Å². The van der Waals surface area contributed by atoms with Gasteiger partial charge in [0.1, 0.15) is 16.6 Å². The topological polar surface area (TPSA) is 79.0 Å². The molecule has 0 spiro atoms. The van der Waals surface area contributed by atoms with E-state index in [1.807, 2.05) is 25.1 Å². The van der Waals surface area contributed by atoms with Gasteiger partial charge in [-0.15, -0.1) is 0 Å². The molecule has 0 bridgehead atoms. The Labute approximate surface area is 162 Å². The quantitative estimate of drug-likeness (QED) is 0.798. The highest BCUT2D eigenvalue weighted by molar-refractivity contribution is 7.82. The first-order valence-electron chi connectivity index (χ1n) is 8.88. The molecule has 1 unspecified atom stereocenters. The van der Waals surface area contributed by atoms with Crippen LogP contribution >= 0.6 is 0 Å². The minimum absolute atomic E-state index is 0.204. The van der Waals surface area contributed by atoms with Crippen LogP contribution in [-0.2, 0) is 20.5 Å². The van der Waals surface area contributed by atoms with Crippen molar-refractivity contribution >= 4 is 28.7 Å². The Bertz CT molecular complexity index is 717. The van der Waals surface area contributed by atoms with E-state index in [0.717, 1.165) is 0 Å². The van der Waals surface area contributed by atoms with Gasteiger partial charge in [-0.05, 0) is 58.0 Å². The summed E-state index contributed by atoms with van der Waals surface area (Å²) >= 11 is 0. The van der Waals surface area contributed by atoms with E-state index < -0.39 is 16.6 Å². The second-order valence-electron chi connectivity index (χ2n) is 7.16. The summed E-state index contributed by atoms with van der Waals surface area (Å²) in [5, 5.41) is 2.73. The molecule has 1 aromatic carbocycles. The molecule has 1 aromatic rings. The standard InChI is InChI=1S/C19H27N3O4S/c1-5-6-17(23)20-15-7-9-16(10-8-15)27(25)22-13-11-21(12-14-22)18(24)26-19(2,3)4/h5-10H,11-14H2,1-4H3,(H,20,23)/b6-5-. The van der Waals surface area contributed by atoms with Gasteiger partial charge in [0.25, 0.3) is 0 Å². The van der Waals surface area contributed by atoms with Crippen molar-refractivity contribution < 1.29 is 18.5 Å². The fourth-order valence-corrected chi connectivity index (χ4v) is 3.66. The van der Waals surface area contributed by atoms with Crippen LogP contribution in [-0.4, -0.2) is 57.2 Å². The number of nitrogens with zero attached hydrogens (tertiary/aromatic N) is 2. The first-order valence-corrected chi connectivity index (χ1v) is 9.99. The van der Waals surface area contributed by atoms with Gasteiger partial charge in [-0.25, -0.2) is 13.3 Å². The molecule has 1 N–H and O–H groups in total. The number of ether oxygens (including phenoxy) is 1. The van der Waals surface area contributed by atoms with Crippen LogP contribution < -0.4 is 5.32 Å². The first-order chi connectivity index (χ1) is 12.7. The molecule has 148 valence electrons. The van der Waals surface area contributed by atoms with Gasteiger partial charge in [0, 0.05) is 31.9 Å². The Kier molecular flexibility index (Phi) is 7.15. The molecule has 2 amide bonds. The van der Waals surface area contributed by atoms with E-state index in [4.69, 9.17) is 4.74 Å². The average molecular weight is 394 g/mol. The summed E-state index contributed by atoms with van der Waals surface area (Å²) < 4.78 is 19.9. The number of anilines is 1. The Balaban J connectivity index is 1.90. The number of rotatable bonds is 4. The highest BCUT2D eigenvalue weighted by atomic mass is 32.2. The predicted molar refractivity (Wildman–Crippen MR) is 106 cm³/mol. The van der Waals surface area contributed by atoms with Crippen LogP contribution in [0.5, 0.6) is 0 Å². The van der Waals surface area contributed by atoms with Crippen LogP contribution in [0, 0.1) is 0 Å². The van der Waals surface area contributed by atoms with E-state index in [1.54, 1.807) is 42.2 Å². The molecule has 0 aromatic heterocycles. The number of benzene rings is 1. The van der Waals surface area contributed by atoms with Crippen molar-refractivity contribution in [3.8, 4) is 0 Å². The highest BCUT2D eigenvalue weighted by Crippen LogP contribution is 2.18. The Morgan fingerprint density at radius 1 is 1.11 bits per heavy atom. The molecule has 7 nitrogen and oxygen atoms in total. The minimum Gasteiger partial charge on any atom is -0.444 e. The smallest absolute Gasteiger partial charge is 0.410 e. The fraction of sp³-hybridized carbons (Fsp3) is 0.474.